The molecule has 17 heavy (non-hydrogen) atoms. The van der Waals surface area contributed by atoms with Gasteiger partial charge in [-0.15, -0.1) is 5.10 Å². The minimum atomic E-state index is -2.99. The Labute approximate surface area is 102 Å². The van der Waals surface area contributed by atoms with Crippen molar-refractivity contribution in [1.29, 1.82) is 0 Å². The molecular weight excluding hydrogens is 242 g/mol. The summed E-state index contributed by atoms with van der Waals surface area (Å²) in [4.78, 5) is 0. The lowest BCUT2D eigenvalue weighted by atomic mass is 10.2. The zero-order valence-corrected chi connectivity index (χ0v) is 11.2. The highest BCUT2D eigenvalue weighted by atomic mass is 32.2. The van der Waals surface area contributed by atoms with Crippen LogP contribution in [0, 0.1) is 5.92 Å². The summed E-state index contributed by atoms with van der Waals surface area (Å²) in [7, 11) is -2.99. The number of aryl methyl sites for hydroxylation is 1. The van der Waals surface area contributed by atoms with Crippen molar-refractivity contribution in [3.05, 3.63) is 5.82 Å². The number of nitrogens with one attached hydrogen (secondary N) is 1. The molecule has 8 heteroatoms. The van der Waals surface area contributed by atoms with Gasteiger partial charge >= 0.3 is 0 Å². The summed E-state index contributed by atoms with van der Waals surface area (Å²) in [5, 5.41) is 14.4. The molecule has 0 amide bonds. The van der Waals surface area contributed by atoms with Gasteiger partial charge in [0.15, 0.2) is 5.82 Å². The maximum absolute atomic E-state index is 11.0. The van der Waals surface area contributed by atoms with E-state index < -0.39 is 9.84 Å². The number of hydrogen-bond donors (Lipinski definition) is 1. The molecule has 0 aliphatic carbocycles. The second-order valence-electron chi connectivity index (χ2n) is 4.47. The van der Waals surface area contributed by atoms with Crippen LogP contribution >= 0.6 is 0 Å². The standard InChI is InChI=1S/C9H19N5O2S/c1-8(2)6-10-7-9-11-12-13-14(9)4-5-17(3,15)16/h8,10H,4-7H2,1-3H3. The Kier molecular flexibility index (Phi) is 5.01. The van der Waals surface area contributed by atoms with Crippen LogP contribution in [0.3, 0.4) is 0 Å². The minimum absolute atomic E-state index is 0.0508. The van der Waals surface area contributed by atoms with Crippen LogP contribution < -0.4 is 5.32 Å². The highest BCUT2D eigenvalue weighted by Gasteiger charge is 2.09. The molecule has 0 aliphatic rings. The van der Waals surface area contributed by atoms with Crippen LogP contribution in [0.2, 0.25) is 0 Å². The molecular formula is C9H19N5O2S. The fraction of sp³-hybridized carbons (Fsp3) is 0.889. The van der Waals surface area contributed by atoms with Gasteiger partial charge in [-0.25, -0.2) is 13.1 Å². The molecule has 0 saturated carbocycles. The molecule has 0 fully saturated rings. The molecule has 1 aromatic heterocycles. The first kappa shape index (κ1) is 14.0. The normalized spacial score (nSPS) is 12.2. The second kappa shape index (κ2) is 6.06. The molecule has 0 saturated heterocycles. The third kappa shape index (κ3) is 5.73. The summed E-state index contributed by atoms with van der Waals surface area (Å²) >= 11 is 0. The third-order valence-corrected chi connectivity index (χ3v) is 3.04. The Hall–Kier alpha value is -1.02. The van der Waals surface area contributed by atoms with Crippen LogP contribution in [0.4, 0.5) is 0 Å². The van der Waals surface area contributed by atoms with Gasteiger partial charge < -0.3 is 5.32 Å². The van der Waals surface area contributed by atoms with Gasteiger partial charge in [0.2, 0.25) is 0 Å². The Morgan fingerprint density at radius 3 is 2.71 bits per heavy atom. The molecule has 1 rings (SSSR count). The molecule has 1 aromatic rings. The van der Waals surface area contributed by atoms with E-state index in [9.17, 15) is 8.42 Å². The summed E-state index contributed by atoms with van der Waals surface area (Å²) in [5.41, 5.74) is 0. The quantitative estimate of drug-likeness (QED) is 0.709. The number of aromatic nitrogens is 4. The molecule has 0 aliphatic heterocycles. The third-order valence-electron chi connectivity index (χ3n) is 2.12. The van der Waals surface area contributed by atoms with Crippen LogP contribution in [0.25, 0.3) is 0 Å². The maximum Gasteiger partial charge on any atom is 0.165 e. The van der Waals surface area contributed by atoms with E-state index in [0.717, 1.165) is 6.54 Å². The largest absolute Gasteiger partial charge is 0.310 e. The predicted molar refractivity (Wildman–Crippen MR) is 64.1 cm³/mol. The molecule has 0 aromatic carbocycles. The molecule has 0 unspecified atom stereocenters. The minimum Gasteiger partial charge on any atom is -0.310 e. The van der Waals surface area contributed by atoms with E-state index in [-0.39, 0.29) is 5.75 Å². The maximum atomic E-state index is 11.0. The van der Waals surface area contributed by atoms with Crippen molar-refractivity contribution in [2.24, 2.45) is 5.92 Å². The van der Waals surface area contributed by atoms with Gasteiger partial charge in [0.1, 0.15) is 9.84 Å². The number of hydrogen-bond acceptors (Lipinski definition) is 6. The molecule has 0 radical (unpaired) electrons. The van der Waals surface area contributed by atoms with Crippen molar-refractivity contribution >= 4 is 9.84 Å². The van der Waals surface area contributed by atoms with Gasteiger partial charge in [-0.2, -0.15) is 0 Å². The van der Waals surface area contributed by atoms with Crippen molar-refractivity contribution in [2.45, 2.75) is 26.9 Å². The summed E-state index contributed by atoms with van der Waals surface area (Å²) in [5.74, 6) is 1.26. The van der Waals surface area contributed by atoms with Crippen molar-refractivity contribution in [3.63, 3.8) is 0 Å². The van der Waals surface area contributed by atoms with Gasteiger partial charge in [-0.1, -0.05) is 13.8 Å². The van der Waals surface area contributed by atoms with E-state index >= 15 is 0 Å². The Balaban J connectivity index is 2.48. The average molecular weight is 261 g/mol. The number of sulfone groups is 1. The predicted octanol–water partition coefficient (Wildman–Crippen LogP) is -0.537. The van der Waals surface area contributed by atoms with Gasteiger partial charge in [-0.05, 0) is 22.9 Å². The summed E-state index contributed by atoms with van der Waals surface area (Å²) in [6.07, 6.45) is 1.20. The van der Waals surface area contributed by atoms with Crippen molar-refractivity contribution in [3.8, 4) is 0 Å². The fourth-order valence-corrected chi connectivity index (χ4v) is 1.75. The van der Waals surface area contributed by atoms with Crippen molar-refractivity contribution in [1.82, 2.24) is 25.5 Å². The smallest absolute Gasteiger partial charge is 0.165 e. The van der Waals surface area contributed by atoms with E-state index in [0.29, 0.717) is 24.8 Å². The van der Waals surface area contributed by atoms with Gasteiger partial charge in [0, 0.05) is 6.26 Å². The lowest BCUT2D eigenvalue weighted by Gasteiger charge is -2.07. The van der Waals surface area contributed by atoms with Crippen LogP contribution in [0.5, 0.6) is 0 Å². The summed E-state index contributed by atoms with van der Waals surface area (Å²) in [6, 6.07) is 0. The topological polar surface area (TPSA) is 89.8 Å². The van der Waals surface area contributed by atoms with E-state index in [1.807, 2.05) is 0 Å². The SMILES string of the molecule is CC(C)CNCc1nnnn1CCS(C)(=O)=O. The van der Waals surface area contributed by atoms with E-state index in [2.05, 4.69) is 34.7 Å². The fourth-order valence-electron chi connectivity index (χ4n) is 1.25. The first-order valence-corrected chi connectivity index (χ1v) is 7.58. The number of tetrazole rings is 1. The van der Waals surface area contributed by atoms with Crippen LogP contribution in [0.15, 0.2) is 0 Å². The van der Waals surface area contributed by atoms with Crippen molar-refractivity contribution in [2.75, 3.05) is 18.6 Å². The molecule has 7 nitrogen and oxygen atoms in total. The van der Waals surface area contributed by atoms with Crippen LogP contribution in [-0.2, 0) is 22.9 Å². The van der Waals surface area contributed by atoms with Crippen LogP contribution in [0.1, 0.15) is 19.7 Å². The summed E-state index contributed by atoms with van der Waals surface area (Å²) < 4.78 is 23.6. The summed E-state index contributed by atoms with van der Waals surface area (Å²) in [6.45, 7) is 5.94. The highest BCUT2D eigenvalue weighted by Crippen LogP contribution is 1.95. The monoisotopic (exact) mass is 261 g/mol. The molecule has 0 bridgehead atoms. The lowest BCUT2D eigenvalue weighted by Crippen LogP contribution is -2.23. The average Bonchev–Trinajstić information content (AvgIpc) is 2.61. The molecule has 98 valence electrons. The van der Waals surface area contributed by atoms with E-state index in [4.69, 9.17) is 0 Å². The van der Waals surface area contributed by atoms with Gasteiger partial charge in [0.25, 0.3) is 0 Å². The Morgan fingerprint density at radius 2 is 2.12 bits per heavy atom. The second-order valence-corrected chi connectivity index (χ2v) is 6.73. The van der Waals surface area contributed by atoms with Crippen LogP contribution in [-0.4, -0.2) is 47.2 Å². The van der Waals surface area contributed by atoms with Crippen molar-refractivity contribution < 1.29 is 8.42 Å². The van der Waals surface area contributed by atoms with E-state index in [1.54, 1.807) is 0 Å². The molecule has 1 N–H and O–H groups in total. The number of rotatable bonds is 7. The first-order chi connectivity index (χ1) is 7.88. The highest BCUT2D eigenvalue weighted by molar-refractivity contribution is 7.90. The zero-order valence-electron chi connectivity index (χ0n) is 10.4. The van der Waals surface area contributed by atoms with E-state index in [1.165, 1.54) is 10.9 Å². The lowest BCUT2D eigenvalue weighted by molar-refractivity contribution is 0.516. The Bertz CT molecular complexity index is 440. The van der Waals surface area contributed by atoms with Gasteiger partial charge in [-0.3, -0.25) is 0 Å². The van der Waals surface area contributed by atoms with Gasteiger partial charge in [0.05, 0.1) is 18.8 Å². The molecule has 0 atom stereocenters. The zero-order chi connectivity index (χ0) is 12.9. The molecule has 1 heterocycles. The molecule has 0 spiro atoms. The number of nitrogens with zero attached hydrogens (tertiary/aromatic N) is 4. The Morgan fingerprint density at radius 1 is 1.41 bits per heavy atom. The first-order valence-electron chi connectivity index (χ1n) is 5.52.